The minimum absolute atomic E-state index is 0.276. The lowest BCUT2D eigenvalue weighted by Crippen LogP contribution is -2.35. The van der Waals surface area contributed by atoms with Crippen LogP contribution in [0, 0.1) is 0 Å². The summed E-state index contributed by atoms with van der Waals surface area (Å²) in [5, 5.41) is 14.4. The van der Waals surface area contributed by atoms with Gasteiger partial charge in [0.15, 0.2) is 0 Å². The SMILES string of the molecule is CC(O)CCNCCNC(N)=O. The number of carbonyl (C=O) groups is 1. The Morgan fingerprint density at radius 3 is 2.67 bits per heavy atom. The molecule has 5 N–H and O–H groups in total. The zero-order valence-electron chi connectivity index (χ0n) is 7.34. The molecule has 0 saturated heterocycles. The first-order chi connectivity index (χ1) is 5.63. The van der Waals surface area contributed by atoms with E-state index in [1.165, 1.54) is 0 Å². The highest BCUT2D eigenvalue weighted by atomic mass is 16.3. The average Bonchev–Trinajstić information content (AvgIpc) is 1.95. The van der Waals surface area contributed by atoms with Gasteiger partial charge in [0.2, 0.25) is 0 Å². The lowest BCUT2D eigenvalue weighted by Gasteiger charge is -2.06. The standard InChI is InChI=1S/C7H17N3O2/c1-6(11)2-3-9-4-5-10-7(8)12/h6,9,11H,2-5H2,1H3,(H3,8,10,12). The molecule has 0 spiro atoms. The molecular formula is C7H17N3O2. The van der Waals surface area contributed by atoms with E-state index in [1.807, 2.05) is 0 Å². The molecule has 0 aliphatic carbocycles. The van der Waals surface area contributed by atoms with Crippen LogP contribution in [0.1, 0.15) is 13.3 Å². The number of nitrogens with one attached hydrogen (secondary N) is 2. The Kier molecular flexibility index (Phi) is 6.41. The van der Waals surface area contributed by atoms with Gasteiger partial charge >= 0.3 is 6.03 Å². The normalized spacial score (nSPS) is 12.5. The zero-order chi connectivity index (χ0) is 9.40. The fourth-order valence-electron chi connectivity index (χ4n) is 0.710. The lowest BCUT2D eigenvalue weighted by molar-refractivity contribution is 0.184. The minimum atomic E-state index is -0.507. The molecule has 0 aliphatic rings. The second-order valence-electron chi connectivity index (χ2n) is 2.68. The molecule has 5 nitrogen and oxygen atoms in total. The van der Waals surface area contributed by atoms with Crippen molar-refractivity contribution in [2.75, 3.05) is 19.6 Å². The molecule has 0 aliphatic heterocycles. The molecule has 5 heteroatoms. The van der Waals surface area contributed by atoms with Gasteiger partial charge in [-0.05, 0) is 19.9 Å². The van der Waals surface area contributed by atoms with Gasteiger partial charge < -0.3 is 21.5 Å². The van der Waals surface area contributed by atoms with E-state index in [1.54, 1.807) is 6.92 Å². The van der Waals surface area contributed by atoms with Crippen LogP contribution in [0.5, 0.6) is 0 Å². The van der Waals surface area contributed by atoms with Crippen molar-refractivity contribution in [2.24, 2.45) is 5.73 Å². The van der Waals surface area contributed by atoms with Gasteiger partial charge in [0.05, 0.1) is 6.10 Å². The Morgan fingerprint density at radius 1 is 1.50 bits per heavy atom. The minimum Gasteiger partial charge on any atom is -0.393 e. The number of aliphatic hydroxyl groups is 1. The average molecular weight is 175 g/mol. The topological polar surface area (TPSA) is 87.4 Å². The predicted molar refractivity (Wildman–Crippen MR) is 46.8 cm³/mol. The summed E-state index contributed by atoms with van der Waals surface area (Å²) in [4.78, 5) is 10.2. The van der Waals surface area contributed by atoms with E-state index in [0.717, 1.165) is 13.0 Å². The van der Waals surface area contributed by atoms with E-state index in [4.69, 9.17) is 10.8 Å². The smallest absolute Gasteiger partial charge is 0.312 e. The van der Waals surface area contributed by atoms with Crippen molar-refractivity contribution in [3.8, 4) is 0 Å². The molecule has 0 heterocycles. The molecule has 2 amide bonds. The number of hydrogen-bond donors (Lipinski definition) is 4. The van der Waals surface area contributed by atoms with E-state index >= 15 is 0 Å². The summed E-state index contributed by atoms with van der Waals surface area (Å²) in [7, 11) is 0. The molecule has 12 heavy (non-hydrogen) atoms. The van der Waals surface area contributed by atoms with Gasteiger partial charge in [-0.1, -0.05) is 0 Å². The Bertz CT molecular complexity index is 128. The van der Waals surface area contributed by atoms with Crippen LogP contribution in [0.3, 0.4) is 0 Å². The van der Waals surface area contributed by atoms with E-state index in [2.05, 4.69) is 10.6 Å². The van der Waals surface area contributed by atoms with Gasteiger partial charge in [-0.3, -0.25) is 0 Å². The molecule has 0 aromatic heterocycles. The Morgan fingerprint density at radius 2 is 2.17 bits per heavy atom. The Balaban J connectivity index is 2.96. The highest BCUT2D eigenvalue weighted by Gasteiger charge is 1.94. The Labute approximate surface area is 72.3 Å². The van der Waals surface area contributed by atoms with Crippen molar-refractivity contribution in [1.29, 1.82) is 0 Å². The molecule has 0 aromatic rings. The summed E-state index contributed by atoms with van der Waals surface area (Å²) in [5.74, 6) is 0. The highest BCUT2D eigenvalue weighted by Crippen LogP contribution is 1.84. The van der Waals surface area contributed by atoms with Crippen LogP contribution in [-0.4, -0.2) is 36.9 Å². The maximum absolute atomic E-state index is 10.2. The molecule has 1 unspecified atom stereocenters. The summed E-state index contributed by atoms with van der Waals surface area (Å²) in [6, 6.07) is -0.507. The third-order valence-corrected chi connectivity index (χ3v) is 1.34. The first kappa shape index (κ1) is 11.2. The third kappa shape index (κ3) is 9.19. The summed E-state index contributed by atoms with van der Waals surface area (Å²) >= 11 is 0. The quantitative estimate of drug-likeness (QED) is 0.391. The van der Waals surface area contributed by atoms with Gasteiger partial charge in [-0.15, -0.1) is 0 Å². The second-order valence-corrected chi connectivity index (χ2v) is 2.68. The number of aliphatic hydroxyl groups excluding tert-OH is 1. The van der Waals surface area contributed by atoms with Crippen LogP contribution in [0.15, 0.2) is 0 Å². The second kappa shape index (κ2) is 6.87. The van der Waals surface area contributed by atoms with Gasteiger partial charge in [0.1, 0.15) is 0 Å². The highest BCUT2D eigenvalue weighted by molar-refractivity contribution is 5.71. The summed E-state index contributed by atoms with van der Waals surface area (Å²) < 4.78 is 0. The number of urea groups is 1. The van der Waals surface area contributed by atoms with Crippen LogP contribution in [0.2, 0.25) is 0 Å². The molecule has 1 atom stereocenters. The Hall–Kier alpha value is -0.810. The fraction of sp³-hybridized carbons (Fsp3) is 0.857. The molecular weight excluding hydrogens is 158 g/mol. The number of amides is 2. The van der Waals surface area contributed by atoms with Crippen LogP contribution >= 0.6 is 0 Å². The maximum Gasteiger partial charge on any atom is 0.312 e. The van der Waals surface area contributed by atoms with Crippen LogP contribution in [-0.2, 0) is 0 Å². The molecule has 0 radical (unpaired) electrons. The van der Waals surface area contributed by atoms with E-state index in [0.29, 0.717) is 13.1 Å². The monoisotopic (exact) mass is 175 g/mol. The summed E-state index contributed by atoms with van der Waals surface area (Å²) in [5.41, 5.74) is 4.84. The van der Waals surface area contributed by atoms with Crippen molar-refractivity contribution in [3.05, 3.63) is 0 Å². The number of nitrogens with two attached hydrogens (primary N) is 1. The number of hydrogen-bond acceptors (Lipinski definition) is 3. The van der Waals surface area contributed by atoms with Gasteiger partial charge in [0, 0.05) is 13.1 Å². The largest absolute Gasteiger partial charge is 0.393 e. The maximum atomic E-state index is 10.2. The summed E-state index contributed by atoms with van der Waals surface area (Å²) in [6.45, 7) is 3.69. The van der Waals surface area contributed by atoms with Crippen molar-refractivity contribution in [2.45, 2.75) is 19.4 Å². The van der Waals surface area contributed by atoms with E-state index in [9.17, 15) is 4.79 Å². The number of primary amides is 1. The van der Waals surface area contributed by atoms with Gasteiger partial charge in [0.25, 0.3) is 0 Å². The fourth-order valence-corrected chi connectivity index (χ4v) is 0.710. The van der Waals surface area contributed by atoms with Crippen molar-refractivity contribution >= 4 is 6.03 Å². The van der Waals surface area contributed by atoms with E-state index < -0.39 is 6.03 Å². The molecule has 72 valence electrons. The molecule has 0 saturated carbocycles. The molecule has 0 fully saturated rings. The third-order valence-electron chi connectivity index (χ3n) is 1.34. The van der Waals surface area contributed by atoms with Gasteiger partial charge in [-0.2, -0.15) is 0 Å². The van der Waals surface area contributed by atoms with Crippen molar-refractivity contribution < 1.29 is 9.90 Å². The van der Waals surface area contributed by atoms with Gasteiger partial charge in [-0.25, -0.2) is 4.79 Å². The number of rotatable bonds is 6. The van der Waals surface area contributed by atoms with E-state index in [-0.39, 0.29) is 6.10 Å². The first-order valence-corrected chi connectivity index (χ1v) is 4.05. The van der Waals surface area contributed by atoms with Crippen LogP contribution in [0.4, 0.5) is 4.79 Å². The lowest BCUT2D eigenvalue weighted by atomic mass is 10.3. The van der Waals surface area contributed by atoms with Crippen molar-refractivity contribution in [3.63, 3.8) is 0 Å². The zero-order valence-corrected chi connectivity index (χ0v) is 7.34. The van der Waals surface area contributed by atoms with Crippen LogP contribution < -0.4 is 16.4 Å². The molecule has 0 bridgehead atoms. The molecule has 0 rings (SSSR count). The van der Waals surface area contributed by atoms with Crippen molar-refractivity contribution in [1.82, 2.24) is 10.6 Å². The van der Waals surface area contributed by atoms with Crippen LogP contribution in [0.25, 0.3) is 0 Å². The number of carbonyl (C=O) groups excluding carboxylic acids is 1. The summed E-state index contributed by atoms with van der Waals surface area (Å²) in [6.07, 6.45) is 0.443. The first-order valence-electron chi connectivity index (χ1n) is 4.05. The predicted octanol–water partition coefficient (Wildman–Crippen LogP) is -0.985. The molecule has 0 aromatic carbocycles.